The van der Waals surface area contributed by atoms with Gasteiger partial charge in [0.05, 0.1) is 25.2 Å². The molecule has 0 aliphatic carbocycles. The van der Waals surface area contributed by atoms with Crippen molar-refractivity contribution in [2.45, 2.75) is 6.92 Å². The minimum absolute atomic E-state index is 0.234. The molecule has 2 aromatic heterocycles. The van der Waals surface area contributed by atoms with Gasteiger partial charge in [-0.05, 0) is 31.2 Å². The van der Waals surface area contributed by atoms with E-state index in [1.54, 1.807) is 60.7 Å². The van der Waals surface area contributed by atoms with Gasteiger partial charge in [-0.2, -0.15) is 0 Å². The van der Waals surface area contributed by atoms with E-state index < -0.39 is 0 Å². The third kappa shape index (κ3) is 3.18. The Morgan fingerprint density at radius 3 is 2.39 bits per heavy atom. The smallest absolute Gasteiger partial charge is 0.255 e. The van der Waals surface area contributed by atoms with Crippen LogP contribution in [0.4, 0.5) is 5.69 Å². The zero-order valence-electron chi connectivity index (χ0n) is 12.7. The number of hydrogen-bond donors (Lipinski definition) is 1. The van der Waals surface area contributed by atoms with E-state index in [2.05, 4.69) is 20.3 Å². The first-order valence-corrected chi connectivity index (χ1v) is 6.95. The van der Waals surface area contributed by atoms with Crippen LogP contribution in [0.5, 0.6) is 5.75 Å². The van der Waals surface area contributed by atoms with Crippen LogP contribution in [0.25, 0.3) is 5.95 Å². The summed E-state index contributed by atoms with van der Waals surface area (Å²) in [6.07, 6.45) is 6.57. The summed E-state index contributed by atoms with van der Waals surface area (Å²) in [4.78, 5) is 24.7. The Morgan fingerprint density at radius 1 is 1.13 bits per heavy atom. The molecule has 3 aromatic rings. The number of aryl methyl sites for hydroxylation is 1. The number of amides is 1. The van der Waals surface area contributed by atoms with E-state index in [0.29, 0.717) is 22.9 Å². The molecule has 1 aromatic carbocycles. The summed E-state index contributed by atoms with van der Waals surface area (Å²) in [5.41, 5.74) is 1.05. The van der Waals surface area contributed by atoms with Gasteiger partial charge >= 0.3 is 0 Å². The molecular formula is C16H15N5O2. The number of anilines is 1. The highest BCUT2D eigenvalue weighted by Gasteiger charge is 2.08. The molecule has 1 amide bonds. The molecule has 2 heterocycles. The van der Waals surface area contributed by atoms with Crippen molar-refractivity contribution in [3.63, 3.8) is 0 Å². The molecule has 116 valence electrons. The van der Waals surface area contributed by atoms with E-state index in [9.17, 15) is 4.79 Å². The first-order chi connectivity index (χ1) is 11.2. The van der Waals surface area contributed by atoms with Crippen molar-refractivity contribution >= 4 is 11.6 Å². The van der Waals surface area contributed by atoms with Gasteiger partial charge in [0.15, 0.2) is 0 Å². The quantitative estimate of drug-likeness (QED) is 0.799. The lowest BCUT2D eigenvalue weighted by atomic mass is 10.2. The lowest BCUT2D eigenvalue weighted by molar-refractivity contribution is 0.102. The molecule has 23 heavy (non-hydrogen) atoms. The van der Waals surface area contributed by atoms with Gasteiger partial charge < -0.3 is 10.1 Å². The number of carbonyl (C=O) groups excluding carboxylic acids is 1. The summed E-state index contributed by atoms with van der Waals surface area (Å²) in [6.45, 7) is 1.86. The van der Waals surface area contributed by atoms with Crippen LogP contribution in [0, 0.1) is 6.92 Å². The van der Waals surface area contributed by atoms with E-state index in [1.807, 2.05) is 6.92 Å². The zero-order valence-corrected chi connectivity index (χ0v) is 12.7. The number of methoxy groups -OCH3 is 1. The molecule has 0 unspecified atom stereocenters. The largest absolute Gasteiger partial charge is 0.497 e. The van der Waals surface area contributed by atoms with Crippen LogP contribution in [0.15, 0.2) is 49.1 Å². The number of hydrogen-bond acceptors (Lipinski definition) is 5. The summed E-state index contributed by atoms with van der Waals surface area (Å²) >= 11 is 0. The molecule has 0 saturated carbocycles. The second-order valence-corrected chi connectivity index (χ2v) is 4.80. The fourth-order valence-electron chi connectivity index (χ4n) is 2.05. The molecule has 0 saturated heterocycles. The Kier molecular flexibility index (Phi) is 4.01. The lowest BCUT2D eigenvalue weighted by Gasteiger charge is -2.07. The summed E-state index contributed by atoms with van der Waals surface area (Å²) in [5.74, 6) is 1.76. The van der Waals surface area contributed by atoms with E-state index in [0.717, 1.165) is 5.82 Å². The van der Waals surface area contributed by atoms with E-state index >= 15 is 0 Å². The minimum atomic E-state index is -0.234. The van der Waals surface area contributed by atoms with Crippen molar-refractivity contribution in [2.24, 2.45) is 0 Å². The average Bonchev–Trinajstić information content (AvgIpc) is 3.01. The van der Waals surface area contributed by atoms with Crippen molar-refractivity contribution in [1.29, 1.82) is 0 Å². The molecule has 1 N–H and O–H groups in total. The summed E-state index contributed by atoms with van der Waals surface area (Å²) < 4.78 is 6.83. The van der Waals surface area contributed by atoms with Gasteiger partial charge in [-0.15, -0.1) is 0 Å². The number of benzene rings is 1. The van der Waals surface area contributed by atoms with Crippen molar-refractivity contribution in [3.8, 4) is 11.7 Å². The third-order valence-electron chi connectivity index (χ3n) is 3.29. The van der Waals surface area contributed by atoms with Gasteiger partial charge in [-0.1, -0.05) is 0 Å². The van der Waals surface area contributed by atoms with Gasteiger partial charge in [0, 0.05) is 18.0 Å². The van der Waals surface area contributed by atoms with Crippen molar-refractivity contribution < 1.29 is 9.53 Å². The van der Waals surface area contributed by atoms with Crippen LogP contribution in [0.2, 0.25) is 0 Å². The van der Waals surface area contributed by atoms with Crippen molar-refractivity contribution in [2.75, 3.05) is 12.4 Å². The molecule has 0 aliphatic rings. The molecule has 0 radical (unpaired) electrons. The Hall–Kier alpha value is -3.22. The number of imidazole rings is 1. The number of carbonyl (C=O) groups is 1. The molecule has 3 rings (SSSR count). The predicted molar refractivity (Wildman–Crippen MR) is 84.8 cm³/mol. The topological polar surface area (TPSA) is 81.9 Å². The maximum absolute atomic E-state index is 12.2. The van der Waals surface area contributed by atoms with E-state index in [1.165, 1.54) is 0 Å². The summed E-state index contributed by atoms with van der Waals surface area (Å²) in [6, 6.07) is 6.85. The monoisotopic (exact) mass is 309 g/mol. The zero-order chi connectivity index (χ0) is 16.2. The van der Waals surface area contributed by atoms with Gasteiger partial charge in [0.1, 0.15) is 11.6 Å². The van der Waals surface area contributed by atoms with Gasteiger partial charge in [-0.3, -0.25) is 9.36 Å². The van der Waals surface area contributed by atoms with Gasteiger partial charge in [-0.25, -0.2) is 15.0 Å². The summed E-state index contributed by atoms with van der Waals surface area (Å²) in [7, 11) is 1.58. The Labute approximate surface area is 133 Å². The van der Waals surface area contributed by atoms with Crippen LogP contribution in [0.3, 0.4) is 0 Å². The Balaban J connectivity index is 1.72. The van der Waals surface area contributed by atoms with Crippen molar-refractivity contribution in [1.82, 2.24) is 19.5 Å². The number of ether oxygens (including phenoxy) is 1. The SMILES string of the molecule is COc1ccc(C(=O)Nc2cnc(-n3ccnc3C)nc2)cc1. The average molecular weight is 309 g/mol. The normalized spacial score (nSPS) is 10.3. The fourth-order valence-corrected chi connectivity index (χ4v) is 2.05. The van der Waals surface area contributed by atoms with E-state index in [4.69, 9.17) is 4.74 Å². The maximum Gasteiger partial charge on any atom is 0.255 e. The fraction of sp³-hybridized carbons (Fsp3) is 0.125. The minimum Gasteiger partial charge on any atom is -0.497 e. The second-order valence-electron chi connectivity index (χ2n) is 4.80. The first kappa shape index (κ1) is 14.7. The molecule has 0 spiro atoms. The van der Waals surface area contributed by atoms with Crippen LogP contribution in [-0.4, -0.2) is 32.5 Å². The highest BCUT2D eigenvalue weighted by molar-refractivity contribution is 6.04. The molecule has 0 aliphatic heterocycles. The molecule has 0 fully saturated rings. The standard InChI is InChI=1S/C16H15N5O2/c1-11-17-7-8-21(11)16-18-9-13(10-19-16)20-15(22)12-3-5-14(23-2)6-4-12/h3-10H,1-2H3,(H,20,22). The number of nitrogens with one attached hydrogen (secondary N) is 1. The maximum atomic E-state index is 12.2. The summed E-state index contributed by atoms with van der Waals surface area (Å²) in [5, 5.41) is 2.75. The number of aromatic nitrogens is 4. The van der Waals surface area contributed by atoms with Gasteiger partial charge in [0.2, 0.25) is 5.95 Å². The Morgan fingerprint density at radius 2 is 1.83 bits per heavy atom. The molecule has 7 nitrogen and oxygen atoms in total. The highest BCUT2D eigenvalue weighted by atomic mass is 16.5. The van der Waals surface area contributed by atoms with Crippen LogP contribution in [0.1, 0.15) is 16.2 Å². The number of nitrogens with zero attached hydrogens (tertiary/aromatic N) is 4. The van der Waals surface area contributed by atoms with Crippen LogP contribution < -0.4 is 10.1 Å². The Bertz CT molecular complexity index is 809. The lowest BCUT2D eigenvalue weighted by Crippen LogP contribution is -2.13. The predicted octanol–water partition coefficient (Wildman–Crippen LogP) is 2.23. The first-order valence-electron chi connectivity index (χ1n) is 6.95. The number of rotatable bonds is 4. The molecule has 0 bridgehead atoms. The van der Waals surface area contributed by atoms with Gasteiger partial charge in [0.25, 0.3) is 5.91 Å². The van der Waals surface area contributed by atoms with Crippen LogP contribution in [-0.2, 0) is 0 Å². The third-order valence-corrected chi connectivity index (χ3v) is 3.29. The molecular weight excluding hydrogens is 294 g/mol. The van der Waals surface area contributed by atoms with Crippen molar-refractivity contribution in [3.05, 3.63) is 60.4 Å². The second kappa shape index (κ2) is 6.27. The van der Waals surface area contributed by atoms with Crippen LogP contribution >= 0.6 is 0 Å². The van der Waals surface area contributed by atoms with E-state index in [-0.39, 0.29) is 5.91 Å². The molecule has 7 heteroatoms. The molecule has 0 atom stereocenters. The highest BCUT2D eigenvalue weighted by Crippen LogP contribution is 2.13.